The maximum Gasteiger partial charge on any atom is 0.249 e. The smallest absolute Gasteiger partial charge is 0.249 e. The minimum Gasteiger partial charge on any atom is -0.497 e. The largest absolute Gasteiger partial charge is 0.497 e. The predicted molar refractivity (Wildman–Crippen MR) is 98.7 cm³/mol. The van der Waals surface area contributed by atoms with Gasteiger partial charge in [-0.05, 0) is 25.0 Å². The van der Waals surface area contributed by atoms with E-state index in [0.717, 1.165) is 5.56 Å². The molecule has 1 aromatic heterocycles. The van der Waals surface area contributed by atoms with Crippen molar-refractivity contribution in [2.45, 2.75) is 32.9 Å². The second-order valence-electron chi connectivity index (χ2n) is 6.46. The van der Waals surface area contributed by atoms with Crippen LogP contribution in [-0.4, -0.2) is 41.7 Å². The Morgan fingerprint density at radius 3 is 2.70 bits per heavy atom. The van der Waals surface area contributed by atoms with E-state index in [-0.39, 0.29) is 30.2 Å². The van der Waals surface area contributed by atoms with E-state index < -0.39 is 12.1 Å². The van der Waals surface area contributed by atoms with E-state index >= 15 is 0 Å². The van der Waals surface area contributed by atoms with Gasteiger partial charge in [-0.2, -0.15) is 4.98 Å². The molecule has 27 heavy (non-hydrogen) atoms. The molecule has 2 rings (SSSR count). The lowest BCUT2D eigenvalue weighted by atomic mass is 10.1. The van der Waals surface area contributed by atoms with Gasteiger partial charge in [-0.1, -0.05) is 31.1 Å². The van der Waals surface area contributed by atoms with Crippen LogP contribution in [0.4, 0.5) is 0 Å². The van der Waals surface area contributed by atoms with Gasteiger partial charge in [0.1, 0.15) is 11.8 Å². The predicted octanol–water partition coefficient (Wildman–Crippen LogP) is 1.02. The van der Waals surface area contributed by atoms with Gasteiger partial charge >= 0.3 is 0 Å². The molecule has 146 valence electrons. The van der Waals surface area contributed by atoms with Crippen molar-refractivity contribution >= 4 is 11.8 Å². The highest BCUT2D eigenvalue weighted by atomic mass is 16.5. The van der Waals surface area contributed by atoms with Gasteiger partial charge in [-0.15, -0.1) is 0 Å². The third-order valence-electron chi connectivity index (χ3n) is 3.96. The first kappa shape index (κ1) is 20.4. The second-order valence-corrected chi connectivity index (χ2v) is 6.46. The number of nitrogens with one attached hydrogen (secondary N) is 2. The summed E-state index contributed by atoms with van der Waals surface area (Å²) in [5.74, 6) is 0.558. The summed E-state index contributed by atoms with van der Waals surface area (Å²) < 4.78 is 10.4. The topological polar surface area (TPSA) is 132 Å². The first-order chi connectivity index (χ1) is 12.8. The zero-order valence-electron chi connectivity index (χ0n) is 15.9. The summed E-state index contributed by atoms with van der Waals surface area (Å²) in [6, 6.07) is 6.07. The van der Waals surface area contributed by atoms with Crippen LogP contribution in [0, 0.1) is 5.92 Å². The van der Waals surface area contributed by atoms with Crippen molar-refractivity contribution in [2.75, 3.05) is 13.7 Å². The van der Waals surface area contributed by atoms with Crippen molar-refractivity contribution in [3.63, 3.8) is 0 Å². The Balaban J connectivity index is 1.92. The molecule has 1 aromatic carbocycles. The van der Waals surface area contributed by atoms with Gasteiger partial charge in [0, 0.05) is 5.56 Å². The summed E-state index contributed by atoms with van der Waals surface area (Å²) in [7, 11) is 1.57. The maximum atomic E-state index is 12.0. The Morgan fingerprint density at radius 2 is 2.04 bits per heavy atom. The minimum absolute atomic E-state index is 0.0135. The molecule has 0 aliphatic carbocycles. The van der Waals surface area contributed by atoms with Crippen molar-refractivity contribution in [3.8, 4) is 17.1 Å². The molecule has 4 N–H and O–H groups in total. The maximum absolute atomic E-state index is 12.0. The van der Waals surface area contributed by atoms with Crippen LogP contribution < -0.4 is 21.1 Å². The van der Waals surface area contributed by atoms with E-state index in [9.17, 15) is 9.59 Å². The number of methoxy groups -OCH3 is 1. The van der Waals surface area contributed by atoms with E-state index in [2.05, 4.69) is 20.8 Å². The van der Waals surface area contributed by atoms with Gasteiger partial charge in [0.25, 0.3) is 0 Å². The van der Waals surface area contributed by atoms with Crippen LogP contribution in [0.25, 0.3) is 11.4 Å². The SMILES string of the molecule is COc1cccc(-c2noc(C(C)NC(=O)CNC(=O)[C@@H](N)C(C)C)n2)c1. The van der Waals surface area contributed by atoms with Crippen LogP contribution in [0.3, 0.4) is 0 Å². The summed E-state index contributed by atoms with van der Waals surface area (Å²) in [5, 5.41) is 9.13. The lowest BCUT2D eigenvalue weighted by Gasteiger charge is -2.15. The number of benzene rings is 1. The standard InChI is InChI=1S/C18H25N5O4/c1-10(2)15(19)17(25)20-9-14(24)21-11(3)18-22-16(23-27-18)12-6-5-7-13(8-12)26-4/h5-8,10-11,15H,9,19H2,1-4H3,(H,20,25)(H,21,24)/t11?,15-/m0/s1. The average Bonchev–Trinajstić information content (AvgIpc) is 3.15. The lowest BCUT2D eigenvalue weighted by Crippen LogP contribution is -2.47. The minimum atomic E-state index is -0.656. The number of carbonyl (C=O) groups excluding carboxylic acids is 2. The second kappa shape index (κ2) is 9.13. The average molecular weight is 375 g/mol. The molecule has 0 radical (unpaired) electrons. The third-order valence-corrected chi connectivity index (χ3v) is 3.96. The molecule has 0 bridgehead atoms. The Labute approximate surface area is 157 Å². The van der Waals surface area contributed by atoms with Crippen LogP contribution in [0.5, 0.6) is 5.75 Å². The molecule has 2 amide bonds. The third kappa shape index (κ3) is 5.52. The van der Waals surface area contributed by atoms with Gasteiger partial charge in [0.2, 0.25) is 23.5 Å². The fourth-order valence-corrected chi connectivity index (χ4v) is 2.23. The van der Waals surface area contributed by atoms with Crippen molar-refractivity contribution in [3.05, 3.63) is 30.2 Å². The molecule has 0 spiro atoms. The number of hydrogen-bond acceptors (Lipinski definition) is 7. The number of aromatic nitrogens is 2. The van der Waals surface area contributed by atoms with Crippen LogP contribution in [0.1, 0.15) is 32.7 Å². The number of ether oxygens (including phenoxy) is 1. The van der Waals surface area contributed by atoms with Crippen LogP contribution >= 0.6 is 0 Å². The van der Waals surface area contributed by atoms with Gasteiger partial charge < -0.3 is 25.6 Å². The Kier molecular flexibility index (Phi) is 6.89. The van der Waals surface area contributed by atoms with E-state index in [4.69, 9.17) is 15.0 Å². The first-order valence-electron chi connectivity index (χ1n) is 8.62. The summed E-state index contributed by atoms with van der Waals surface area (Å²) >= 11 is 0. The van der Waals surface area contributed by atoms with E-state index in [1.54, 1.807) is 20.1 Å². The Morgan fingerprint density at radius 1 is 1.30 bits per heavy atom. The summed E-state index contributed by atoms with van der Waals surface area (Å²) in [6.45, 7) is 5.20. The van der Waals surface area contributed by atoms with Crippen LogP contribution in [-0.2, 0) is 9.59 Å². The quantitative estimate of drug-likeness (QED) is 0.627. The van der Waals surface area contributed by atoms with Gasteiger partial charge in [-0.25, -0.2) is 0 Å². The lowest BCUT2D eigenvalue weighted by molar-refractivity contribution is -0.127. The molecule has 9 nitrogen and oxygen atoms in total. The summed E-state index contributed by atoms with van der Waals surface area (Å²) in [4.78, 5) is 28.1. The number of nitrogens with zero attached hydrogens (tertiary/aromatic N) is 2. The van der Waals surface area contributed by atoms with Crippen LogP contribution in [0.15, 0.2) is 28.8 Å². The molecule has 2 atom stereocenters. The molecule has 0 saturated heterocycles. The highest BCUT2D eigenvalue weighted by Gasteiger charge is 2.20. The molecule has 1 unspecified atom stereocenters. The van der Waals surface area contributed by atoms with Crippen molar-refractivity contribution < 1.29 is 18.8 Å². The van der Waals surface area contributed by atoms with E-state index in [1.165, 1.54) is 0 Å². The molecular weight excluding hydrogens is 350 g/mol. The number of amides is 2. The first-order valence-corrected chi connectivity index (χ1v) is 8.62. The molecule has 9 heteroatoms. The van der Waals surface area contributed by atoms with Crippen molar-refractivity contribution in [1.82, 2.24) is 20.8 Å². The van der Waals surface area contributed by atoms with E-state index in [1.807, 2.05) is 32.0 Å². The monoisotopic (exact) mass is 375 g/mol. The molecular formula is C18H25N5O4. The molecule has 2 aromatic rings. The number of hydrogen-bond donors (Lipinski definition) is 3. The van der Waals surface area contributed by atoms with E-state index in [0.29, 0.717) is 11.6 Å². The number of rotatable bonds is 8. The highest BCUT2D eigenvalue weighted by molar-refractivity contribution is 5.87. The Bertz CT molecular complexity index is 790. The summed E-state index contributed by atoms with van der Waals surface area (Å²) in [5.41, 5.74) is 6.47. The zero-order chi connectivity index (χ0) is 20.0. The van der Waals surface area contributed by atoms with Gasteiger partial charge in [-0.3, -0.25) is 9.59 Å². The normalized spacial score (nSPS) is 13.1. The summed E-state index contributed by atoms with van der Waals surface area (Å²) in [6.07, 6.45) is 0. The molecule has 1 heterocycles. The number of nitrogens with two attached hydrogens (primary N) is 1. The fraction of sp³-hybridized carbons (Fsp3) is 0.444. The molecule has 0 saturated carbocycles. The van der Waals surface area contributed by atoms with Gasteiger partial charge in [0.05, 0.1) is 19.7 Å². The molecule has 0 fully saturated rings. The zero-order valence-corrected chi connectivity index (χ0v) is 15.9. The number of carbonyl (C=O) groups is 2. The fourth-order valence-electron chi connectivity index (χ4n) is 2.23. The molecule has 0 aliphatic heterocycles. The Hall–Kier alpha value is -2.94. The van der Waals surface area contributed by atoms with Crippen LogP contribution in [0.2, 0.25) is 0 Å². The van der Waals surface area contributed by atoms with Gasteiger partial charge in [0.15, 0.2) is 0 Å². The van der Waals surface area contributed by atoms with Crippen molar-refractivity contribution in [2.24, 2.45) is 11.7 Å². The highest BCUT2D eigenvalue weighted by Crippen LogP contribution is 2.22. The molecule has 0 aliphatic rings. The van der Waals surface area contributed by atoms with Crippen molar-refractivity contribution in [1.29, 1.82) is 0 Å².